The van der Waals surface area contributed by atoms with E-state index < -0.39 is 42.2 Å². The first-order valence-corrected chi connectivity index (χ1v) is 10.1. The van der Waals surface area contributed by atoms with Crippen molar-refractivity contribution in [2.45, 2.75) is 25.4 Å². The van der Waals surface area contributed by atoms with E-state index in [9.17, 15) is 24.3 Å². The van der Waals surface area contributed by atoms with Crippen LogP contribution in [0.5, 0.6) is 5.88 Å². The second kappa shape index (κ2) is 9.94. The van der Waals surface area contributed by atoms with Crippen LogP contribution < -0.4 is 15.4 Å². The molecular formula is C23H24N4O6. The molecule has 10 heteroatoms. The molecule has 0 aliphatic carbocycles. The average Bonchev–Trinajstić information content (AvgIpc) is 2.80. The molecule has 1 aromatic carbocycles. The molecule has 1 unspecified atom stereocenters. The highest BCUT2D eigenvalue weighted by molar-refractivity contribution is 6.16. The van der Waals surface area contributed by atoms with E-state index in [1.54, 1.807) is 37.4 Å². The monoisotopic (exact) mass is 452 g/mol. The van der Waals surface area contributed by atoms with Crippen LogP contribution in [0, 0.1) is 0 Å². The number of hydrogen-bond acceptors (Lipinski definition) is 6. The lowest BCUT2D eigenvalue weighted by atomic mass is 9.98. The van der Waals surface area contributed by atoms with E-state index >= 15 is 0 Å². The van der Waals surface area contributed by atoms with Gasteiger partial charge in [-0.2, -0.15) is 0 Å². The van der Waals surface area contributed by atoms with Crippen molar-refractivity contribution in [2.75, 3.05) is 14.2 Å². The van der Waals surface area contributed by atoms with Gasteiger partial charge in [-0.3, -0.25) is 14.4 Å². The van der Waals surface area contributed by atoms with E-state index in [-0.39, 0.29) is 0 Å². The molecule has 2 aromatic rings. The number of nitrogens with one attached hydrogen (secondary N) is 2. The van der Waals surface area contributed by atoms with Crippen LogP contribution in [-0.2, 0) is 14.4 Å². The molecule has 3 rings (SSSR count). The van der Waals surface area contributed by atoms with Gasteiger partial charge >= 0.3 is 12.0 Å². The van der Waals surface area contributed by atoms with E-state index in [0.29, 0.717) is 17.0 Å². The summed E-state index contributed by atoms with van der Waals surface area (Å²) in [5.74, 6) is -1.76. The Morgan fingerprint density at radius 2 is 1.97 bits per heavy atom. The number of carboxylic acids is 1. The van der Waals surface area contributed by atoms with Gasteiger partial charge < -0.3 is 25.4 Å². The Kier molecular flexibility index (Phi) is 7.07. The predicted molar refractivity (Wildman–Crippen MR) is 118 cm³/mol. The van der Waals surface area contributed by atoms with Gasteiger partial charge in [-0.15, -0.1) is 0 Å². The Labute approximate surface area is 190 Å². The molecule has 2 heterocycles. The van der Waals surface area contributed by atoms with Gasteiger partial charge in [0.25, 0.3) is 5.91 Å². The number of benzene rings is 1. The van der Waals surface area contributed by atoms with Crippen LogP contribution in [0.25, 0.3) is 11.1 Å². The molecule has 0 spiro atoms. The highest BCUT2D eigenvalue weighted by Gasteiger charge is 2.35. The average molecular weight is 452 g/mol. The zero-order valence-electron chi connectivity index (χ0n) is 18.4. The van der Waals surface area contributed by atoms with E-state index in [2.05, 4.69) is 15.6 Å². The number of aliphatic carboxylic acids is 1. The fraction of sp³-hybridized carbons (Fsp3) is 0.261. The van der Waals surface area contributed by atoms with Crippen LogP contribution in [-0.4, -0.2) is 58.9 Å². The SMILES string of the molecule is COc1ccc(-c2cccc([C@H](CC(=O)O)NC(=O)NC3C(=O)C(C)=CN(C)C3=O)c2)cn1. The van der Waals surface area contributed by atoms with Gasteiger partial charge in [0.05, 0.1) is 19.6 Å². The van der Waals surface area contributed by atoms with Gasteiger partial charge in [0, 0.05) is 36.6 Å². The molecule has 10 nitrogen and oxygen atoms in total. The number of ketones is 1. The van der Waals surface area contributed by atoms with Crippen molar-refractivity contribution in [3.05, 3.63) is 59.9 Å². The Morgan fingerprint density at radius 1 is 1.21 bits per heavy atom. The van der Waals surface area contributed by atoms with Crippen molar-refractivity contribution in [2.24, 2.45) is 0 Å². The van der Waals surface area contributed by atoms with Crippen LogP contribution in [0.1, 0.15) is 24.9 Å². The lowest BCUT2D eigenvalue weighted by molar-refractivity contribution is -0.138. The Balaban J connectivity index is 1.80. The van der Waals surface area contributed by atoms with Gasteiger partial charge in [0.15, 0.2) is 11.8 Å². The lowest BCUT2D eigenvalue weighted by Gasteiger charge is -2.27. The molecule has 1 aliphatic heterocycles. The van der Waals surface area contributed by atoms with Crippen LogP contribution >= 0.6 is 0 Å². The molecule has 0 fully saturated rings. The molecular weight excluding hydrogens is 428 g/mol. The van der Waals surface area contributed by atoms with Gasteiger partial charge in [0.1, 0.15) is 0 Å². The third kappa shape index (κ3) is 5.53. The molecule has 3 amide bonds. The molecule has 33 heavy (non-hydrogen) atoms. The van der Waals surface area contributed by atoms with Crippen molar-refractivity contribution in [3.63, 3.8) is 0 Å². The maximum atomic E-state index is 12.6. The third-order valence-corrected chi connectivity index (χ3v) is 5.16. The van der Waals surface area contributed by atoms with Crippen LogP contribution in [0.3, 0.4) is 0 Å². The summed E-state index contributed by atoms with van der Waals surface area (Å²) >= 11 is 0. The van der Waals surface area contributed by atoms with Crippen LogP contribution in [0.2, 0.25) is 0 Å². The summed E-state index contributed by atoms with van der Waals surface area (Å²) in [5.41, 5.74) is 2.40. The summed E-state index contributed by atoms with van der Waals surface area (Å²) in [5, 5.41) is 14.3. The first kappa shape index (κ1) is 23.5. The number of amides is 3. The minimum absolute atomic E-state index is 0.324. The zero-order chi connectivity index (χ0) is 24.1. The number of carbonyl (C=O) groups excluding carboxylic acids is 3. The fourth-order valence-corrected chi connectivity index (χ4v) is 3.45. The van der Waals surface area contributed by atoms with Gasteiger partial charge in [0.2, 0.25) is 5.88 Å². The second-order valence-electron chi connectivity index (χ2n) is 7.54. The zero-order valence-corrected chi connectivity index (χ0v) is 18.4. The number of rotatable bonds is 7. The van der Waals surface area contributed by atoms with Gasteiger partial charge in [-0.05, 0) is 30.2 Å². The number of carboxylic acid groups (broad SMARTS) is 1. The number of likely N-dealkylation sites (N-methyl/N-ethyl adjacent to an activating group) is 1. The molecule has 3 N–H and O–H groups in total. The van der Waals surface area contributed by atoms with Crippen molar-refractivity contribution in [1.82, 2.24) is 20.5 Å². The van der Waals surface area contributed by atoms with E-state index in [1.807, 2.05) is 12.1 Å². The molecule has 1 aromatic heterocycles. The Hall–Kier alpha value is -4.21. The highest BCUT2D eigenvalue weighted by Crippen LogP contribution is 2.25. The number of urea groups is 1. The smallest absolute Gasteiger partial charge is 0.316 e. The van der Waals surface area contributed by atoms with Crippen molar-refractivity contribution in [3.8, 4) is 17.0 Å². The molecule has 2 atom stereocenters. The minimum Gasteiger partial charge on any atom is -0.481 e. The summed E-state index contributed by atoms with van der Waals surface area (Å²) in [7, 11) is 3.00. The molecule has 1 aliphatic rings. The molecule has 172 valence electrons. The lowest BCUT2D eigenvalue weighted by Crippen LogP contribution is -2.56. The second-order valence-corrected chi connectivity index (χ2v) is 7.54. The predicted octanol–water partition coefficient (Wildman–Crippen LogP) is 1.89. The summed E-state index contributed by atoms with van der Waals surface area (Å²) in [4.78, 5) is 54.1. The fourth-order valence-electron chi connectivity index (χ4n) is 3.45. The first-order valence-electron chi connectivity index (χ1n) is 10.1. The largest absolute Gasteiger partial charge is 0.481 e. The number of hydrogen-bond donors (Lipinski definition) is 3. The summed E-state index contributed by atoms with van der Waals surface area (Å²) < 4.78 is 5.06. The molecule has 0 bridgehead atoms. The summed E-state index contributed by atoms with van der Waals surface area (Å²) in [6.45, 7) is 1.55. The van der Waals surface area contributed by atoms with Crippen molar-refractivity contribution < 1.29 is 29.0 Å². The Morgan fingerprint density at radius 3 is 2.61 bits per heavy atom. The molecule has 0 radical (unpaired) electrons. The number of nitrogens with zero attached hydrogens (tertiary/aromatic N) is 2. The number of ether oxygens (including phenoxy) is 1. The number of aromatic nitrogens is 1. The first-order chi connectivity index (χ1) is 15.7. The number of methoxy groups -OCH3 is 1. The van der Waals surface area contributed by atoms with Crippen LogP contribution in [0.15, 0.2) is 54.4 Å². The summed E-state index contributed by atoms with van der Waals surface area (Å²) in [6.07, 6.45) is 2.62. The van der Waals surface area contributed by atoms with Gasteiger partial charge in [-0.25, -0.2) is 9.78 Å². The van der Waals surface area contributed by atoms with E-state index in [1.165, 1.54) is 25.3 Å². The van der Waals surface area contributed by atoms with Gasteiger partial charge in [-0.1, -0.05) is 18.2 Å². The maximum Gasteiger partial charge on any atom is 0.316 e. The van der Waals surface area contributed by atoms with Crippen molar-refractivity contribution >= 4 is 23.7 Å². The Bertz CT molecular complexity index is 1110. The normalized spacial score (nSPS) is 16.6. The number of pyridine rings is 1. The summed E-state index contributed by atoms with van der Waals surface area (Å²) in [6, 6.07) is 7.40. The number of carbonyl (C=O) groups is 4. The van der Waals surface area contributed by atoms with E-state index in [4.69, 9.17) is 4.74 Å². The minimum atomic E-state index is -1.37. The van der Waals surface area contributed by atoms with E-state index in [0.717, 1.165) is 11.1 Å². The quantitative estimate of drug-likeness (QED) is 0.545. The highest BCUT2D eigenvalue weighted by atomic mass is 16.5. The maximum absolute atomic E-state index is 12.6. The van der Waals surface area contributed by atoms with Crippen LogP contribution in [0.4, 0.5) is 4.79 Å². The molecule has 0 saturated carbocycles. The number of Topliss-reactive ketones (excluding diaryl/α,β-unsaturated/α-hetero) is 1. The topological polar surface area (TPSA) is 138 Å². The van der Waals surface area contributed by atoms with Crippen molar-refractivity contribution in [1.29, 1.82) is 0 Å². The third-order valence-electron chi connectivity index (χ3n) is 5.16. The standard InChI is InChI=1S/C23H24N4O6/c1-13-12-27(2)22(31)20(21(13)30)26-23(32)25-17(10-19(28)29)15-6-4-5-14(9-15)16-7-8-18(33-3)24-11-16/h4-9,11-12,17,20H,10H2,1-3H3,(H,28,29)(H2,25,26,32)/t17-,20?/m0/s1. The molecule has 0 saturated heterocycles.